The van der Waals surface area contributed by atoms with Gasteiger partial charge in [-0.25, -0.2) is 0 Å². The number of carbonyl (C=O) groups is 1. The second kappa shape index (κ2) is 9.69. The summed E-state index contributed by atoms with van der Waals surface area (Å²) in [6.07, 6.45) is 5.66. The summed E-state index contributed by atoms with van der Waals surface area (Å²) in [6.45, 7) is 9.19. The Morgan fingerprint density at radius 1 is 1.12 bits per heavy atom. The molecule has 42 heavy (non-hydrogen) atoms. The second-order valence-corrected chi connectivity index (χ2v) is 12.0. The molecule has 3 heterocycles. The van der Waals surface area contributed by atoms with Gasteiger partial charge in [0.2, 0.25) is 0 Å². The predicted molar refractivity (Wildman–Crippen MR) is 167 cm³/mol. The Hall–Kier alpha value is -4.72. The van der Waals surface area contributed by atoms with Crippen molar-refractivity contribution in [2.45, 2.75) is 47.1 Å². The van der Waals surface area contributed by atoms with Crippen LogP contribution in [0.4, 0.5) is 5.69 Å². The molecular weight excluding hydrogens is 526 g/mol. The molecular formula is C34H35N5O3. The quantitative estimate of drug-likeness (QED) is 0.209. The van der Waals surface area contributed by atoms with Crippen molar-refractivity contribution < 1.29 is 14.6 Å². The standard InChI is InChI=1S/C34H35N5O3/c1-18(2)15-39-27-12-9-21(42-17-28(40)36-32-19(3)7-6-8-20(32)4)13-23(27)30-24-14-35-34(41)31(24)29-22(33(30)39)10-11-26-25(29)16-38(5)37-26/h6-9,12-14,16,18,35,41H,10-11,15,17H2,1-5H3,(H,36,40). The third-order valence-corrected chi connectivity index (χ3v) is 8.45. The van der Waals surface area contributed by atoms with Crippen molar-refractivity contribution in [1.82, 2.24) is 19.3 Å². The average Bonchev–Trinajstić information content (AvgIpc) is 3.62. The van der Waals surface area contributed by atoms with Crippen LogP contribution in [0.2, 0.25) is 0 Å². The summed E-state index contributed by atoms with van der Waals surface area (Å²) in [4.78, 5) is 15.9. The molecule has 0 saturated carbocycles. The van der Waals surface area contributed by atoms with Crippen LogP contribution in [0.5, 0.6) is 11.6 Å². The number of fused-ring (bicyclic) bond motifs is 10. The molecule has 8 nitrogen and oxygen atoms in total. The molecule has 0 saturated heterocycles. The maximum Gasteiger partial charge on any atom is 0.262 e. The van der Waals surface area contributed by atoms with E-state index in [1.54, 1.807) is 0 Å². The van der Waals surface area contributed by atoms with Gasteiger partial charge in [-0.2, -0.15) is 5.10 Å². The zero-order valence-electron chi connectivity index (χ0n) is 24.6. The molecule has 6 aromatic rings. The molecule has 0 unspecified atom stereocenters. The minimum absolute atomic E-state index is 0.0938. The lowest BCUT2D eigenvalue weighted by Gasteiger charge is -2.21. The van der Waals surface area contributed by atoms with Gasteiger partial charge >= 0.3 is 0 Å². The van der Waals surface area contributed by atoms with Gasteiger partial charge in [-0.1, -0.05) is 32.0 Å². The maximum atomic E-state index is 12.9. The molecule has 214 valence electrons. The van der Waals surface area contributed by atoms with E-state index in [1.807, 2.05) is 62.1 Å². The molecule has 8 heteroatoms. The fourth-order valence-corrected chi connectivity index (χ4v) is 6.74. The number of ether oxygens (including phenoxy) is 1. The number of benzene rings is 3. The summed E-state index contributed by atoms with van der Waals surface area (Å²) in [5.74, 6) is 1.02. The van der Waals surface area contributed by atoms with Crippen LogP contribution < -0.4 is 10.1 Å². The summed E-state index contributed by atoms with van der Waals surface area (Å²) in [5.41, 5.74) is 9.62. The molecule has 0 atom stereocenters. The van der Waals surface area contributed by atoms with Crippen molar-refractivity contribution >= 4 is 44.2 Å². The Labute approximate surface area is 243 Å². The van der Waals surface area contributed by atoms with Crippen LogP contribution in [-0.4, -0.2) is 37.0 Å². The van der Waals surface area contributed by atoms with E-state index < -0.39 is 0 Å². The Balaban J connectivity index is 1.37. The Morgan fingerprint density at radius 2 is 1.90 bits per heavy atom. The molecule has 0 aliphatic heterocycles. The Bertz CT molecular complexity index is 2020. The van der Waals surface area contributed by atoms with Crippen molar-refractivity contribution in [2.24, 2.45) is 13.0 Å². The minimum atomic E-state index is -0.200. The first-order chi connectivity index (χ1) is 20.2. The second-order valence-electron chi connectivity index (χ2n) is 12.0. The lowest BCUT2D eigenvalue weighted by atomic mass is 9.85. The number of carbonyl (C=O) groups excluding carboxylic acids is 1. The van der Waals surface area contributed by atoms with Gasteiger partial charge in [0, 0.05) is 64.5 Å². The molecule has 0 radical (unpaired) electrons. The topological polar surface area (TPSA) is 97.1 Å². The van der Waals surface area contributed by atoms with E-state index in [0.29, 0.717) is 11.7 Å². The summed E-state index contributed by atoms with van der Waals surface area (Å²) < 4.78 is 10.3. The largest absolute Gasteiger partial charge is 0.494 e. The molecule has 1 aliphatic rings. The van der Waals surface area contributed by atoms with Gasteiger partial charge in [-0.3, -0.25) is 9.48 Å². The lowest BCUT2D eigenvalue weighted by molar-refractivity contribution is -0.118. The molecule has 7 rings (SSSR count). The summed E-state index contributed by atoms with van der Waals surface area (Å²) >= 11 is 0. The first kappa shape index (κ1) is 26.2. The fourth-order valence-electron chi connectivity index (χ4n) is 6.74. The van der Waals surface area contributed by atoms with Gasteiger partial charge in [0.05, 0.1) is 16.6 Å². The van der Waals surface area contributed by atoms with E-state index in [9.17, 15) is 9.90 Å². The zero-order valence-corrected chi connectivity index (χ0v) is 24.6. The molecule has 3 N–H and O–H groups in total. The predicted octanol–water partition coefficient (Wildman–Crippen LogP) is 6.77. The number of hydrogen-bond acceptors (Lipinski definition) is 4. The van der Waals surface area contributed by atoms with Gasteiger partial charge in [-0.15, -0.1) is 0 Å². The molecule has 1 aliphatic carbocycles. The third-order valence-electron chi connectivity index (χ3n) is 8.45. The van der Waals surface area contributed by atoms with Crippen molar-refractivity contribution in [2.75, 3.05) is 11.9 Å². The van der Waals surface area contributed by atoms with Gasteiger partial charge in [0.1, 0.15) is 5.75 Å². The van der Waals surface area contributed by atoms with Gasteiger partial charge in [0.25, 0.3) is 5.91 Å². The Kier molecular flexibility index (Phi) is 6.04. The summed E-state index contributed by atoms with van der Waals surface area (Å²) in [6, 6.07) is 12.0. The molecule has 1 amide bonds. The van der Waals surface area contributed by atoms with E-state index in [4.69, 9.17) is 9.84 Å². The number of anilines is 1. The molecule has 3 aromatic heterocycles. The highest BCUT2D eigenvalue weighted by Crippen LogP contribution is 2.49. The van der Waals surface area contributed by atoms with Crippen molar-refractivity contribution in [3.63, 3.8) is 0 Å². The number of aryl methyl sites for hydroxylation is 5. The number of aromatic hydroxyl groups is 1. The monoisotopic (exact) mass is 561 g/mol. The van der Waals surface area contributed by atoms with E-state index in [0.717, 1.165) is 80.1 Å². The summed E-state index contributed by atoms with van der Waals surface area (Å²) in [5, 5.41) is 22.7. The molecule has 0 spiro atoms. The van der Waals surface area contributed by atoms with Crippen LogP contribution in [0, 0.1) is 19.8 Å². The number of nitrogens with one attached hydrogen (secondary N) is 2. The average molecular weight is 562 g/mol. The minimum Gasteiger partial charge on any atom is -0.494 e. The number of amides is 1. The number of aromatic amines is 1. The smallest absolute Gasteiger partial charge is 0.262 e. The number of hydrogen-bond donors (Lipinski definition) is 3. The molecule has 3 aromatic carbocycles. The van der Waals surface area contributed by atoms with Gasteiger partial charge in [-0.05, 0) is 67.5 Å². The van der Waals surface area contributed by atoms with E-state index in [-0.39, 0.29) is 18.4 Å². The third kappa shape index (κ3) is 4.04. The van der Waals surface area contributed by atoms with Crippen LogP contribution in [0.15, 0.2) is 48.8 Å². The lowest BCUT2D eigenvalue weighted by Crippen LogP contribution is -2.21. The van der Waals surface area contributed by atoms with E-state index in [2.05, 4.69) is 41.0 Å². The van der Waals surface area contributed by atoms with Crippen LogP contribution in [0.25, 0.3) is 43.7 Å². The highest BCUT2D eigenvalue weighted by atomic mass is 16.5. The molecule has 0 bridgehead atoms. The number of H-pyrrole nitrogens is 1. The highest BCUT2D eigenvalue weighted by molar-refractivity contribution is 6.26. The zero-order chi connectivity index (χ0) is 29.3. The van der Waals surface area contributed by atoms with Crippen molar-refractivity contribution in [3.05, 3.63) is 71.2 Å². The SMILES string of the molecule is Cc1cccc(C)c1NC(=O)COc1ccc2c(c1)c1c3c[nH]c(O)c3c3c(c1n2CC(C)C)CCc1nn(C)cc1-3. The fraction of sp³-hybridized carbons (Fsp3) is 0.294. The van der Waals surface area contributed by atoms with Gasteiger partial charge in [0.15, 0.2) is 12.5 Å². The summed E-state index contributed by atoms with van der Waals surface area (Å²) in [7, 11) is 1.95. The number of aromatic nitrogens is 4. The van der Waals surface area contributed by atoms with Crippen LogP contribution in [-0.2, 0) is 31.2 Å². The first-order valence-electron chi connectivity index (χ1n) is 14.5. The number of nitrogens with zero attached hydrogens (tertiary/aromatic N) is 3. The van der Waals surface area contributed by atoms with Crippen molar-refractivity contribution in [1.29, 1.82) is 0 Å². The number of rotatable bonds is 6. The number of para-hydroxylation sites is 1. The van der Waals surface area contributed by atoms with Gasteiger partial charge < -0.3 is 24.7 Å². The van der Waals surface area contributed by atoms with E-state index in [1.165, 1.54) is 11.1 Å². The van der Waals surface area contributed by atoms with E-state index >= 15 is 0 Å². The van der Waals surface area contributed by atoms with Crippen LogP contribution in [0.3, 0.4) is 0 Å². The maximum absolute atomic E-state index is 12.9. The molecule has 0 fully saturated rings. The van der Waals surface area contributed by atoms with Crippen LogP contribution >= 0.6 is 0 Å². The highest BCUT2D eigenvalue weighted by Gasteiger charge is 2.30. The first-order valence-corrected chi connectivity index (χ1v) is 14.5. The van der Waals surface area contributed by atoms with Crippen molar-refractivity contribution in [3.8, 4) is 22.8 Å². The van der Waals surface area contributed by atoms with Crippen LogP contribution in [0.1, 0.15) is 36.2 Å². The normalized spacial score (nSPS) is 12.8. The Morgan fingerprint density at radius 3 is 2.67 bits per heavy atom.